The van der Waals surface area contributed by atoms with Gasteiger partial charge < -0.3 is 10.1 Å². The molecule has 18 heavy (non-hydrogen) atoms. The molecule has 2 rings (SSSR count). The van der Waals surface area contributed by atoms with E-state index >= 15 is 0 Å². The summed E-state index contributed by atoms with van der Waals surface area (Å²) in [7, 11) is 1.55. The summed E-state index contributed by atoms with van der Waals surface area (Å²) in [5, 5.41) is 3.06. The van der Waals surface area contributed by atoms with Crippen LogP contribution in [0.15, 0.2) is 36.5 Å². The van der Waals surface area contributed by atoms with E-state index in [1.807, 2.05) is 6.07 Å². The van der Waals surface area contributed by atoms with Gasteiger partial charge in [-0.25, -0.2) is 9.37 Å². The molecule has 0 saturated heterocycles. The summed E-state index contributed by atoms with van der Waals surface area (Å²) >= 11 is 5.70. The molecule has 0 unspecified atom stereocenters. The first-order valence-electron chi connectivity index (χ1n) is 5.38. The van der Waals surface area contributed by atoms with Crippen LogP contribution in [0.4, 0.5) is 10.1 Å². The second-order valence-corrected chi connectivity index (χ2v) is 4.03. The maximum atomic E-state index is 13.6. The highest BCUT2D eigenvalue weighted by Crippen LogP contribution is 2.23. The van der Waals surface area contributed by atoms with Gasteiger partial charge >= 0.3 is 0 Å². The Morgan fingerprint density at radius 1 is 1.33 bits per heavy atom. The van der Waals surface area contributed by atoms with E-state index < -0.39 is 5.82 Å². The molecule has 1 aromatic heterocycles. The Morgan fingerprint density at radius 2 is 2.17 bits per heavy atom. The molecule has 1 N–H and O–H groups in total. The number of aromatic nitrogens is 1. The number of halogens is 2. The molecule has 0 bridgehead atoms. The van der Waals surface area contributed by atoms with Crippen LogP contribution >= 0.6 is 11.6 Å². The highest BCUT2D eigenvalue weighted by molar-refractivity contribution is 6.31. The van der Waals surface area contributed by atoms with Crippen LogP contribution in [0.2, 0.25) is 5.02 Å². The van der Waals surface area contributed by atoms with E-state index in [2.05, 4.69) is 10.3 Å². The van der Waals surface area contributed by atoms with Crippen molar-refractivity contribution in [1.82, 2.24) is 4.98 Å². The van der Waals surface area contributed by atoms with Crippen LogP contribution in [-0.4, -0.2) is 12.1 Å². The number of pyridine rings is 1. The van der Waals surface area contributed by atoms with Crippen LogP contribution < -0.4 is 10.1 Å². The molecule has 3 nitrogen and oxygen atoms in total. The summed E-state index contributed by atoms with van der Waals surface area (Å²) in [6.07, 6.45) is 1.64. The second kappa shape index (κ2) is 5.69. The van der Waals surface area contributed by atoms with Crippen molar-refractivity contribution in [3.63, 3.8) is 0 Å². The lowest BCUT2D eigenvalue weighted by Crippen LogP contribution is -2.04. The van der Waals surface area contributed by atoms with Crippen molar-refractivity contribution < 1.29 is 9.13 Å². The predicted molar refractivity (Wildman–Crippen MR) is 69.5 cm³/mol. The fraction of sp³-hybridized carbons (Fsp3) is 0.154. The van der Waals surface area contributed by atoms with Crippen molar-refractivity contribution in [2.75, 3.05) is 12.4 Å². The normalized spacial score (nSPS) is 10.2. The van der Waals surface area contributed by atoms with E-state index in [0.717, 1.165) is 5.56 Å². The summed E-state index contributed by atoms with van der Waals surface area (Å²) in [4.78, 5) is 4.07. The Labute approximate surface area is 110 Å². The molecule has 0 spiro atoms. The zero-order valence-corrected chi connectivity index (χ0v) is 10.5. The number of nitrogens with one attached hydrogen (secondary N) is 1. The highest BCUT2D eigenvalue weighted by atomic mass is 35.5. The summed E-state index contributed by atoms with van der Waals surface area (Å²) in [5.74, 6) is 0.0643. The van der Waals surface area contributed by atoms with Gasteiger partial charge in [-0.05, 0) is 18.2 Å². The number of rotatable bonds is 4. The monoisotopic (exact) mass is 266 g/mol. The zero-order chi connectivity index (χ0) is 13.0. The minimum absolute atomic E-state index is 0.0955. The number of benzene rings is 1. The zero-order valence-electron chi connectivity index (χ0n) is 9.78. The summed E-state index contributed by atoms with van der Waals surface area (Å²) in [6, 6.07) is 8.49. The fourth-order valence-electron chi connectivity index (χ4n) is 1.57. The van der Waals surface area contributed by atoms with Crippen molar-refractivity contribution in [1.29, 1.82) is 0 Å². The highest BCUT2D eigenvalue weighted by Gasteiger charge is 2.07. The lowest BCUT2D eigenvalue weighted by molar-refractivity contribution is 0.393. The fourth-order valence-corrected chi connectivity index (χ4v) is 1.75. The Hall–Kier alpha value is -1.81. The number of hydrogen-bond acceptors (Lipinski definition) is 3. The van der Waals surface area contributed by atoms with Crippen LogP contribution in [0.5, 0.6) is 5.88 Å². The van der Waals surface area contributed by atoms with Crippen LogP contribution in [0, 0.1) is 5.82 Å². The quantitative estimate of drug-likeness (QED) is 0.920. The van der Waals surface area contributed by atoms with E-state index in [1.165, 1.54) is 6.07 Å². The molecule has 2 aromatic rings. The van der Waals surface area contributed by atoms with E-state index in [1.54, 1.807) is 31.5 Å². The molecular formula is C13H12ClFN2O. The summed E-state index contributed by atoms with van der Waals surface area (Å²) < 4.78 is 18.8. The minimum atomic E-state index is -0.456. The first-order valence-corrected chi connectivity index (χ1v) is 5.76. The van der Waals surface area contributed by atoms with Crippen LogP contribution in [0.25, 0.3) is 0 Å². The van der Waals surface area contributed by atoms with Crippen molar-refractivity contribution in [2.24, 2.45) is 0 Å². The van der Waals surface area contributed by atoms with Crippen molar-refractivity contribution in [2.45, 2.75) is 6.54 Å². The number of ether oxygens (including phenoxy) is 1. The van der Waals surface area contributed by atoms with Crippen LogP contribution in [0.1, 0.15) is 5.56 Å². The topological polar surface area (TPSA) is 34.1 Å². The molecule has 0 fully saturated rings. The molecule has 94 valence electrons. The van der Waals surface area contributed by atoms with Gasteiger partial charge in [0.2, 0.25) is 5.88 Å². The molecular weight excluding hydrogens is 255 g/mol. The predicted octanol–water partition coefficient (Wildman–Crippen LogP) is 3.49. The average Bonchev–Trinajstić information content (AvgIpc) is 2.41. The maximum Gasteiger partial charge on any atom is 0.218 e. The lowest BCUT2D eigenvalue weighted by atomic mass is 10.2. The van der Waals surface area contributed by atoms with Gasteiger partial charge in [-0.15, -0.1) is 0 Å². The molecule has 0 radical (unpaired) electrons. The van der Waals surface area contributed by atoms with Crippen molar-refractivity contribution in [3.8, 4) is 5.88 Å². The molecule has 1 aromatic carbocycles. The third-order valence-electron chi connectivity index (χ3n) is 2.46. The van der Waals surface area contributed by atoms with Gasteiger partial charge in [-0.1, -0.05) is 23.7 Å². The summed E-state index contributed by atoms with van der Waals surface area (Å²) in [5.41, 5.74) is 1.20. The van der Waals surface area contributed by atoms with E-state index in [4.69, 9.17) is 16.3 Å². The third kappa shape index (κ3) is 2.71. The van der Waals surface area contributed by atoms with E-state index in [0.29, 0.717) is 18.1 Å². The molecule has 0 saturated carbocycles. The molecule has 0 amide bonds. The average molecular weight is 267 g/mol. The minimum Gasteiger partial charge on any atom is -0.481 e. The summed E-state index contributed by atoms with van der Waals surface area (Å²) in [6.45, 7) is 0.411. The largest absolute Gasteiger partial charge is 0.481 e. The van der Waals surface area contributed by atoms with Crippen LogP contribution in [-0.2, 0) is 6.54 Å². The first-order chi connectivity index (χ1) is 8.72. The van der Waals surface area contributed by atoms with Gasteiger partial charge in [0.1, 0.15) is 0 Å². The Morgan fingerprint density at radius 3 is 2.94 bits per heavy atom. The number of hydrogen-bond donors (Lipinski definition) is 1. The van der Waals surface area contributed by atoms with Gasteiger partial charge in [0.05, 0.1) is 17.8 Å². The number of methoxy groups -OCH3 is 1. The van der Waals surface area contributed by atoms with Gasteiger partial charge in [-0.3, -0.25) is 0 Å². The maximum absolute atomic E-state index is 13.6. The lowest BCUT2D eigenvalue weighted by Gasteiger charge is -2.10. The van der Waals surface area contributed by atoms with Gasteiger partial charge in [0.25, 0.3) is 0 Å². The second-order valence-electron chi connectivity index (χ2n) is 3.63. The van der Waals surface area contributed by atoms with Gasteiger partial charge in [0.15, 0.2) is 5.82 Å². The van der Waals surface area contributed by atoms with Crippen molar-refractivity contribution >= 4 is 17.3 Å². The SMILES string of the molecule is COc1ncccc1CNc1cccc(Cl)c1F. The molecule has 0 aliphatic heterocycles. The molecule has 0 aliphatic rings. The van der Waals surface area contributed by atoms with E-state index in [-0.39, 0.29) is 5.02 Å². The standard InChI is InChI=1S/C13H12ClFN2O/c1-18-13-9(4-3-7-16-13)8-17-11-6-2-5-10(14)12(11)15/h2-7,17H,8H2,1H3. The molecule has 1 heterocycles. The number of anilines is 1. The smallest absolute Gasteiger partial charge is 0.218 e. The van der Waals surface area contributed by atoms with Gasteiger partial charge in [0, 0.05) is 18.3 Å². The molecule has 0 atom stereocenters. The van der Waals surface area contributed by atoms with E-state index in [9.17, 15) is 4.39 Å². The Balaban J connectivity index is 2.14. The number of nitrogens with zero attached hydrogens (tertiary/aromatic N) is 1. The Kier molecular flexibility index (Phi) is 3.99. The Bertz CT molecular complexity index is 548. The molecule has 5 heteroatoms. The van der Waals surface area contributed by atoms with Gasteiger partial charge in [-0.2, -0.15) is 0 Å². The third-order valence-corrected chi connectivity index (χ3v) is 2.76. The first kappa shape index (κ1) is 12.6. The van der Waals surface area contributed by atoms with Crippen molar-refractivity contribution in [3.05, 3.63) is 52.9 Å². The van der Waals surface area contributed by atoms with Crippen LogP contribution in [0.3, 0.4) is 0 Å². The molecule has 0 aliphatic carbocycles.